The van der Waals surface area contributed by atoms with Crippen LogP contribution in [0.25, 0.3) is 0 Å². The van der Waals surface area contributed by atoms with Gasteiger partial charge in [-0.05, 0) is 52.4 Å². The summed E-state index contributed by atoms with van der Waals surface area (Å²) in [5, 5.41) is 13.0. The maximum Gasteiger partial charge on any atom is 0.129 e. The second-order valence-electron chi connectivity index (χ2n) is 5.28. The summed E-state index contributed by atoms with van der Waals surface area (Å²) in [5.74, 6) is 1.13. The number of hydrogen-bond donors (Lipinski definition) is 2. The Morgan fingerprint density at radius 1 is 1.28 bits per heavy atom. The highest BCUT2D eigenvalue weighted by molar-refractivity contribution is 9.10. The van der Waals surface area contributed by atoms with Gasteiger partial charge in [-0.25, -0.2) is 0 Å². The number of phenolic OH excluding ortho intramolecular Hbond substituents is 1. The molecule has 0 spiro atoms. The van der Waals surface area contributed by atoms with E-state index >= 15 is 0 Å². The van der Waals surface area contributed by atoms with Gasteiger partial charge in [0, 0.05) is 32.2 Å². The van der Waals surface area contributed by atoms with Crippen molar-refractivity contribution >= 4 is 15.9 Å². The van der Waals surface area contributed by atoms with Gasteiger partial charge < -0.3 is 10.4 Å². The van der Waals surface area contributed by atoms with Crippen molar-refractivity contribution in [2.24, 2.45) is 5.92 Å². The Morgan fingerprint density at radius 2 is 2.00 bits per heavy atom. The van der Waals surface area contributed by atoms with Crippen LogP contribution in [-0.4, -0.2) is 36.2 Å². The number of halogens is 1. The Kier molecular flexibility index (Phi) is 3.59. The zero-order chi connectivity index (χ0) is 12.5. The molecule has 0 unspecified atom stereocenters. The molecule has 18 heavy (non-hydrogen) atoms. The number of nitrogens with one attached hydrogen (secondary N) is 1. The van der Waals surface area contributed by atoms with Gasteiger partial charge in [0.15, 0.2) is 0 Å². The number of benzene rings is 1. The first-order valence-electron chi connectivity index (χ1n) is 6.69. The second-order valence-corrected chi connectivity index (χ2v) is 6.13. The summed E-state index contributed by atoms with van der Waals surface area (Å²) in [6, 6.07) is 6.49. The average Bonchev–Trinajstić information content (AvgIpc) is 3.20. The first-order valence-corrected chi connectivity index (χ1v) is 7.48. The number of hydrogen-bond acceptors (Lipinski definition) is 3. The molecule has 4 heteroatoms. The van der Waals surface area contributed by atoms with Crippen LogP contribution < -0.4 is 5.32 Å². The van der Waals surface area contributed by atoms with Gasteiger partial charge in [0.25, 0.3) is 0 Å². The van der Waals surface area contributed by atoms with Crippen molar-refractivity contribution in [1.29, 1.82) is 0 Å². The fourth-order valence-electron chi connectivity index (χ4n) is 2.86. The molecule has 2 fully saturated rings. The topological polar surface area (TPSA) is 35.5 Å². The fourth-order valence-corrected chi connectivity index (χ4v) is 3.26. The van der Waals surface area contributed by atoms with E-state index in [1.54, 1.807) is 6.07 Å². The predicted octanol–water partition coefficient (Wildman–Crippen LogP) is 2.51. The predicted molar refractivity (Wildman–Crippen MR) is 75.7 cm³/mol. The zero-order valence-electron chi connectivity index (χ0n) is 10.4. The van der Waals surface area contributed by atoms with Crippen molar-refractivity contribution in [3.63, 3.8) is 0 Å². The Bertz CT molecular complexity index is 428. The van der Waals surface area contributed by atoms with Crippen molar-refractivity contribution in [1.82, 2.24) is 10.2 Å². The highest BCUT2D eigenvalue weighted by atomic mass is 79.9. The van der Waals surface area contributed by atoms with E-state index in [0.717, 1.165) is 36.6 Å². The van der Waals surface area contributed by atoms with Crippen molar-refractivity contribution < 1.29 is 5.11 Å². The van der Waals surface area contributed by atoms with Crippen LogP contribution in [0.2, 0.25) is 0 Å². The molecule has 3 rings (SSSR count). The van der Waals surface area contributed by atoms with Crippen LogP contribution >= 0.6 is 15.9 Å². The van der Waals surface area contributed by atoms with Gasteiger partial charge in [0.05, 0.1) is 4.47 Å². The number of phenols is 1. The summed E-state index contributed by atoms with van der Waals surface area (Å²) in [7, 11) is 0. The van der Waals surface area contributed by atoms with Crippen molar-refractivity contribution in [2.75, 3.05) is 26.2 Å². The third-order valence-electron chi connectivity index (χ3n) is 3.93. The summed E-state index contributed by atoms with van der Waals surface area (Å²) >= 11 is 3.43. The lowest BCUT2D eigenvalue weighted by Crippen LogP contribution is -2.45. The SMILES string of the molecule is Oc1ccc([C@H](C2CC2)N2CCNCC2)cc1Br. The van der Waals surface area contributed by atoms with E-state index in [4.69, 9.17) is 0 Å². The molecule has 1 aliphatic carbocycles. The molecular formula is C14H19BrN2O. The molecule has 0 radical (unpaired) electrons. The lowest BCUT2D eigenvalue weighted by Gasteiger charge is -2.35. The molecule has 2 aliphatic rings. The van der Waals surface area contributed by atoms with E-state index in [1.165, 1.54) is 18.4 Å². The number of aromatic hydroxyl groups is 1. The summed E-state index contributed by atoms with van der Waals surface area (Å²) < 4.78 is 0.806. The first kappa shape index (κ1) is 12.5. The molecule has 1 heterocycles. The molecule has 2 N–H and O–H groups in total. The first-order chi connectivity index (χ1) is 8.75. The molecule has 1 atom stereocenters. The molecule has 1 saturated heterocycles. The molecule has 0 amide bonds. The molecule has 1 aromatic carbocycles. The van der Waals surface area contributed by atoms with Crippen LogP contribution in [0, 0.1) is 5.92 Å². The summed E-state index contributed by atoms with van der Waals surface area (Å²) in [6.45, 7) is 4.42. The van der Waals surface area contributed by atoms with E-state index in [2.05, 4.69) is 38.3 Å². The van der Waals surface area contributed by atoms with Crippen LogP contribution in [0.5, 0.6) is 5.75 Å². The monoisotopic (exact) mass is 310 g/mol. The zero-order valence-corrected chi connectivity index (χ0v) is 12.0. The normalized spacial score (nSPS) is 22.9. The average molecular weight is 311 g/mol. The second kappa shape index (κ2) is 5.19. The van der Waals surface area contributed by atoms with Crippen molar-refractivity contribution in [3.8, 4) is 5.75 Å². The van der Waals surface area contributed by atoms with E-state index in [-0.39, 0.29) is 0 Å². The molecule has 1 aromatic rings. The lowest BCUT2D eigenvalue weighted by molar-refractivity contribution is 0.156. The van der Waals surface area contributed by atoms with Gasteiger partial charge in [-0.1, -0.05) is 6.07 Å². The largest absolute Gasteiger partial charge is 0.507 e. The van der Waals surface area contributed by atoms with E-state index in [9.17, 15) is 5.11 Å². The van der Waals surface area contributed by atoms with Crippen LogP contribution in [0.3, 0.4) is 0 Å². The van der Waals surface area contributed by atoms with Gasteiger partial charge in [0.2, 0.25) is 0 Å². The molecule has 98 valence electrons. The molecule has 1 aliphatic heterocycles. The van der Waals surface area contributed by atoms with Crippen molar-refractivity contribution in [2.45, 2.75) is 18.9 Å². The minimum Gasteiger partial charge on any atom is -0.507 e. The van der Waals surface area contributed by atoms with Crippen LogP contribution in [0.1, 0.15) is 24.4 Å². The third-order valence-corrected chi connectivity index (χ3v) is 4.56. The van der Waals surface area contributed by atoms with Crippen LogP contribution in [0.15, 0.2) is 22.7 Å². The minimum atomic E-state index is 0.327. The van der Waals surface area contributed by atoms with Gasteiger partial charge >= 0.3 is 0 Å². The van der Waals surface area contributed by atoms with E-state index < -0.39 is 0 Å². The smallest absolute Gasteiger partial charge is 0.129 e. The number of rotatable bonds is 3. The quantitative estimate of drug-likeness (QED) is 0.900. The fraction of sp³-hybridized carbons (Fsp3) is 0.571. The highest BCUT2D eigenvalue weighted by Gasteiger charge is 2.36. The van der Waals surface area contributed by atoms with Crippen LogP contribution in [0.4, 0.5) is 0 Å². The summed E-state index contributed by atoms with van der Waals surface area (Å²) in [6.07, 6.45) is 2.68. The van der Waals surface area contributed by atoms with Crippen molar-refractivity contribution in [3.05, 3.63) is 28.2 Å². The lowest BCUT2D eigenvalue weighted by atomic mass is 9.99. The minimum absolute atomic E-state index is 0.327. The summed E-state index contributed by atoms with van der Waals surface area (Å²) in [4.78, 5) is 2.59. The summed E-state index contributed by atoms with van der Waals surface area (Å²) in [5.41, 5.74) is 1.34. The Morgan fingerprint density at radius 3 is 2.61 bits per heavy atom. The van der Waals surface area contributed by atoms with Gasteiger partial charge in [-0.3, -0.25) is 4.90 Å². The molecule has 0 aromatic heterocycles. The number of piperazine rings is 1. The van der Waals surface area contributed by atoms with E-state index in [1.807, 2.05) is 0 Å². The maximum absolute atomic E-state index is 9.62. The third kappa shape index (κ3) is 2.56. The van der Waals surface area contributed by atoms with Gasteiger partial charge in [-0.2, -0.15) is 0 Å². The Hall–Kier alpha value is -0.580. The van der Waals surface area contributed by atoms with Crippen LogP contribution in [-0.2, 0) is 0 Å². The standard InChI is InChI=1S/C14H19BrN2O/c15-12-9-11(3-4-13(12)18)14(10-1-2-10)17-7-5-16-6-8-17/h3-4,9-10,14,16,18H,1-2,5-8H2/t14-/m0/s1. The molecular weight excluding hydrogens is 292 g/mol. The Labute approximate surface area is 116 Å². The molecule has 0 bridgehead atoms. The molecule has 1 saturated carbocycles. The Balaban J connectivity index is 1.85. The van der Waals surface area contributed by atoms with Gasteiger partial charge in [-0.15, -0.1) is 0 Å². The molecule has 3 nitrogen and oxygen atoms in total. The number of nitrogens with zero attached hydrogens (tertiary/aromatic N) is 1. The van der Waals surface area contributed by atoms with E-state index in [0.29, 0.717) is 11.8 Å². The highest BCUT2D eigenvalue weighted by Crippen LogP contribution is 2.45. The maximum atomic E-state index is 9.62. The van der Waals surface area contributed by atoms with Gasteiger partial charge in [0.1, 0.15) is 5.75 Å².